The third-order valence-corrected chi connectivity index (χ3v) is 2.68. The highest BCUT2D eigenvalue weighted by Crippen LogP contribution is 2.11. The minimum atomic E-state index is -0.307. The van der Waals surface area contributed by atoms with Crippen LogP contribution in [0.15, 0.2) is 36.7 Å². The van der Waals surface area contributed by atoms with Crippen molar-refractivity contribution in [2.24, 2.45) is 5.84 Å². The molecule has 7 heteroatoms. The second-order valence-electron chi connectivity index (χ2n) is 4.35. The van der Waals surface area contributed by atoms with E-state index in [-0.39, 0.29) is 11.6 Å². The molecular weight excluding hydrogens is 270 g/mol. The molecule has 0 aliphatic heterocycles. The van der Waals surface area contributed by atoms with Crippen LogP contribution in [-0.4, -0.2) is 29.0 Å². The number of amides is 1. The maximum absolute atomic E-state index is 11.8. The lowest BCUT2D eigenvalue weighted by molar-refractivity contribution is 0.0941. The number of hydrazine groups is 1. The molecule has 0 atom stereocenters. The molecule has 1 aromatic heterocycles. The Labute approximate surface area is 122 Å². The molecule has 0 saturated carbocycles. The first-order valence-electron chi connectivity index (χ1n) is 6.45. The first kappa shape index (κ1) is 14.7. The van der Waals surface area contributed by atoms with E-state index in [1.807, 2.05) is 31.2 Å². The third-order valence-electron chi connectivity index (χ3n) is 2.68. The van der Waals surface area contributed by atoms with Crippen molar-refractivity contribution < 1.29 is 9.53 Å². The van der Waals surface area contributed by atoms with Gasteiger partial charge in [0.2, 0.25) is 0 Å². The van der Waals surface area contributed by atoms with Crippen LogP contribution in [0, 0.1) is 6.92 Å². The Hall–Kier alpha value is -2.67. The van der Waals surface area contributed by atoms with E-state index in [1.165, 1.54) is 12.4 Å². The summed E-state index contributed by atoms with van der Waals surface area (Å²) in [7, 11) is 0. The van der Waals surface area contributed by atoms with Gasteiger partial charge in [0.05, 0.1) is 18.9 Å². The topological polar surface area (TPSA) is 102 Å². The summed E-state index contributed by atoms with van der Waals surface area (Å²) in [4.78, 5) is 19.6. The highest BCUT2D eigenvalue weighted by molar-refractivity contribution is 5.91. The van der Waals surface area contributed by atoms with Crippen LogP contribution in [0.4, 0.5) is 5.82 Å². The second-order valence-corrected chi connectivity index (χ2v) is 4.35. The van der Waals surface area contributed by atoms with E-state index in [0.717, 1.165) is 11.3 Å². The van der Waals surface area contributed by atoms with Crippen LogP contribution in [-0.2, 0) is 0 Å². The molecule has 0 bridgehead atoms. The van der Waals surface area contributed by atoms with Crippen molar-refractivity contribution in [2.45, 2.75) is 6.92 Å². The predicted molar refractivity (Wildman–Crippen MR) is 78.8 cm³/mol. The van der Waals surface area contributed by atoms with Gasteiger partial charge >= 0.3 is 0 Å². The lowest BCUT2D eigenvalue weighted by Gasteiger charge is -2.08. The highest BCUT2D eigenvalue weighted by atomic mass is 16.5. The number of hydrogen-bond donors (Lipinski definition) is 3. The molecule has 2 aromatic rings. The highest BCUT2D eigenvalue weighted by Gasteiger charge is 2.07. The number of hydrogen-bond acceptors (Lipinski definition) is 6. The lowest BCUT2D eigenvalue weighted by atomic mass is 10.2. The first-order valence-corrected chi connectivity index (χ1v) is 6.45. The van der Waals surface area contributed by atoms with Crippen LogP contribution in [0.5, 0.6) is 5.75 Å². The zero-order valence-corrected chi connectivity index (χ0v) is 11.7. The normalized spacial score (nSPS) is 10.0. The Morgan fingerprint density at radius 3 is 2.86 bits per heavy atom. The summed E-state index contributed by atoms with van der Waals surface area (Å²) in [5.74, 6) is 6.04. The standard InChI is InChI=1S/C14H17N5O2/c1-10-3-2-4-11(7-10)21-6-5-16-14(20)12-8-18-13(19-15)9-17-12/h2-4,7-9H,5-6,15H2,1H3,(H,16,20)(H,18,19). The van der Waals surface area contributed by atoms with E-state index >= 15 is 0 Å². The predicted octanol–water partition coefficient (Wildman–Crippen LogP) is 0.879. The van der Waals surface area contributed by atoms with E-state index in [1.54, 1.807) is 0 Å². The molecule has 1 aromatic carbocycles. The summed E-state index contributed by atoms with van der Waals surface area (Å²) >= 11 is 0. The fourth-order valence-corrected chi connectivity index (χ4v) is 1.65. The summed E-state index contributed by atoms with van der Waals surface area (Å²) in [6.45, 7) is 2.75. The number of nitrogens with one attached hydrogen (secondary N) is 2. The van der Waals surface area contributed by atoms with Crippen LogP contribution in [0.25, 0.3) is 0 Å². The van der Waals surface area contributed by atoms with E-state index in [0.29, 0.717) is 19.0 Å². The van der Waals surface area contributed by atoms with Crippen molar-refractivity contribution in [1.29, 1.82) is 0 Å². The number of ether oxygens (including phenoxy) is 1. The Kier molecular flexibility index (Phi) is 5.05. The van der Waals surface area contributed by atoms with Crippen molar-refractivity contribution in [2.75, 3.05) is 18.6 Å². The van der Waals surface area contributed by atoms with Crippen LogP contribution in [0.3, 0.4) is 0 Å². The summed E-state index contributed by atoms with van der Waals surface area (Å²) in [5.41, 5.74) is 3.69. The van der Waals surface area contributed by atoms with Gasteiger partial charge in [0, 0.05) is 0 Å². The maximum atomic E-state index is 11.8. The van der Waals surface area contributed by atoms with Gasteiger partial charge in [-0.15, -0.1) is 0 Å². The van der Waals surface area contributed by atoms with Crippen molar-refractivity contribution in [3.63, 3.8) is 0 Å². The number of aromatic nitrogens is 2. The van der Waals surface area contributed by atoms with Crippen LogP contribution in [0.1, 0.15) is 16.1 Å². The number of nitrogen functional groups attached to an aromatic ring is 1. The van der Waals surface area contributed by atoms with E-state index in [2.05, 4.69) is 20.7 Å². The van der Waals surface area contributed by atoms with E-state index < -0.39 is 0 Å². The Balaban J connectivity index is 1.76. The SMILES string of the molecule is Cc1cccc(OCCNC(=O)c2cnc(NN)cn2)c1. The van der Waals surface area contributed by atoms with Gasteiger partial charge in [-0.05, 0) is 24.6 Å². The number of carbonyl (C=O) groups excluding carboxylic acids is 1. The summed E-state index contributed by atoms with van der Waals surface area (Å²) in [5, 5.41) is 2.70. The summed E-state index contributed by atoms with van der Waals surface area (Å²) in [6, 6.07) is 7.73. The summed E-state index contributed by atoms with van der Waals surface area (Å²) in [6.07, 6.45) is 2.74. The van der Waals surface area contributed by atoms with Gasteiger partial charge in [0.25, 0.3) is 5.91 Å². The number of carbonyl (C=O) groups is 1. The van der Waals surface area contributed by atoms with Crippen LogP contribution < -0.4 is 21.3 Å². The zero-order chi connectivity index (χ0) is 15.1. The van der Waals surface area contributed by atoms with Gasteiger partial charge in [-0.25, -0.2) is 15.8 Å². The molecule has 0 aliphatic carbocycles. The average Bonchev–Trinajstić information content (AvgIpc) is 2.51. The molecule has 0 aliphatic rings. The molecule has 4 N–H and O–H groups in total. The number of aryl methyl sites for hydroxylation is 1. The molecule has 0 radical (unpaired) electrons. The molecule has 1 amide bonds. The minimum absolute atomic E-state index is 0.226. The first-order chi connectivity index (χ1) is 10.2. The minimum Gasteiger partial charge on any atom is -0.492 e. The monoisotopic (exact) mass is 287 g/mol. The van der Waals surface area contributed by atoms with Gasteiger partial charge in [0.1, 0.15) is 18.1 Å². The van der Waals surface area contributed by atoms with Gasteiger partial charge < -0.3 is 15.5 Å². The molecule has 21 heavy (non-hydrogen) atoms. The van der Waals surface area contributed by atoms with Crippen molar-refractivity contribution >= 4 is 11.7 Å². The number of anilines is 1. The molecule has 0 fully saturated rings. The fraction of sp³-hybridized carbons (Fsp3) is 0.214. The van der Waals surface area contributed by atoms with Gasteiger partial charge in [0.15, 0.2) is 5.82 Å². The Bertz CT molecular complexity index is 601. The molecule has 110 valence electrons. The number of nitrogens with two attached hydrogens (primary N) is 1. The second kappa shape index (κ2) is 7.20. The number of rotatable bonds is 6. The van der Waals surface area contributed by atoms with Gasteiger partial charge in [-0.3, -0.25) is 4.79 Å². The van der Waals surface area contributed by atoms with E-state index in [9.17, 15) is 4.79 Å². The molecule has 2 rings (SSSR count). The quantitative estimate of drug-likeness (QED) is 0.414. The molecule has 0 unspecified atom stereocenters. The Morgan fingerprint density at radius 1 is 1.33 bits per heavy atom. The van der Waals surface area contributed by atoms with Crippen molar-refractivity contribution in [1.82, 2.24) is 15.3 Å². The van der Waals surface area contributed by atoms with Gasteiger partial charge in [-0.2, -0.15) is 0 Å². The molecule has 0 spiro atoms. The largest absolute Gasteiger partial charge is 0.492 e. The fourth-order valence-electron chi connectivity index (χ4n) is 1.65. The van der Waals surface area contributed by atoms with E-state index in [4.69, 9.17) is 10.6 Å². The van der Waals surface area contributed by atoms with Crippen molar-refractivity contribution in [3.8, 4) is 5.75 Å². The molecule has 7 nitrogen and oxygen atoms in total. The molecule has 0 saturated heterocycles. The Morgan fingerprint density at radius 2 is 2.19 bits per heavy atom. The lowest BCUT2D eigenvalue weighted by Crippen LogP contribution is -2.29. The number of benzene rings is 1. The maximum Gasteiger partial charge on any atom is 0.271 e. The third kappa shape index (κ3) is 4.43. The van der Waals surface area contributed by atoms with Gasteiger partial charge in [-0.1, -0.05) is 12.1 Å². The molecular formula is C14H17N5O2. The smallest absolute Gasteiger partial charge is 0.271 e. The van der Waals surface area contributed by atoms with Crippen molar-refractivity contribution in [3.05, 3.63) is 47.9 Å². The van der Waals surface area contributed by atoms with Crippen LogP contribution in [0.2, 0.25) is 0 Å². The zero-order valence-electron chi connectivity index (χ0n) is 11.7. The molecule has 1 heterocycles. The number of nitrogens with zero attached hydrogens (tertiary/aromatic N) is 2. The average molecular weight is 287 g/mol. The summed E-state index contributed by atoms with van der Waals surface area (Å²) < 4.78 is 5.53. The van der Waals surface area contributed by atoms with Crippen LogP contribution >= 0.6 is 0 Å².